The SMILES string of the molecule is CCc1cccc(NC(=O)CN(C)C(C)c2ccc(F)c(F)c2)c1. The van der Waals surface area contributed by atoms with Gasteiger partial charge < -0.3 is 5.32 Å². The van der Waals surface area contributed by atoms with E-state index in [4.69, 9.17) is 0 Å². The fourth-order valence-corrected chi connectivity index (χ4v) is 2.46. The van der Waals surface area contributed by atoms with Crippen LogP contribution in [0.15, 0.2) is 42.5 Å². The fourth-order valence-electron chi connectivity index (χ4n) is 2.46. The van der Waals surface area contributed by atoms with Gasteiger partial charge in [-0.15, -0.1) is 0 Å². The predicted octanol–water partition coefficient (Wildman–Crippen LogP) is 4.16. The molecule has 1 amide bonds. The zero-order valence-corrected chi connectivity index (χ0v) is 14.1. The molecule has 2 aromatic rings. The van der Waals surface area contributed by atoms with Crippen LogP contribution in [-0.2, 0) is 11.2 Å². The number of anilines is 1. The van der Waals surface area contributed by atoms with E-state index in [2.05, 4.69) is 12.2 Å². The Kier molecular flexibility index (Phi) is 6.04. The first-order valence-corrected chi connectivity index (χ1v) is 7.94. The molecular formula is C19H22F2N2O. The Morgan fingerprint density at radius 2 is 1.92 bits per heavy atom. The quantitative estimate of drug-likeness (QED) is 0.861. The Hall–Kier alpha value is -2.27. The van der Waals surface area contributed by atoms with Gasteiger partial charge in [0.1, 0.15) is 0 Å². The lowest BCUT2D eigenvalue weighted by Gasteiger charge is -2.24. The topological polar surface area (TPSA) is 32.3 Å². The van der Waals surface area contributed by atoms with Gasteiger partial charge in [-0.2, -0.15) is 0 Å². The first kappa shape index (κ1) is 18.1. The lowest BCUT2D eigenvalue weighted by atomic mass is 10.1. The van der Waals surface area contributed by atoms with Crippen LogP contribution in [0.1, 0.15) is 31.0 Å². The molecule has 0 spiro atoms. The summed E-state index contributed by atoms with van der Waals surface area (Å²) in [5.74, 6) is -1.91. The maximum Gasteiger partial charge on any atom is 0.238 e. The molecule has 0 bridgehead atoms. The maximum absolute atomic E-state index is 13.4. The van der Waals surface area contributed by atoms with Gasteiger partial charge >= 0.3 is 0 Å². The van der Waals surface area contributed by atoms with Crippen molar-refractivity contribution in [2.24, 2.45) is 0 Å². The standard InChI is InChI=1S/C19H22F2N2O/c1-4-14-6-5-7-16(10-14)22-19(24)12-23(3)13(2)15-8-9-17(20)18(21)11-15/h5-11,13H,4,12H2,1-3H3,(H,22,24). The van der Waals surface area contributed by atoms with Crippen LogP contribution in [0, 0.1) is 11.6 Å². The summed E-state index contributed by atoms with van der Waals surface area (Å²) in [6.45, 7) is 4.05. The number of halogens is 2. The van der Waals surface area contributed by atoms with Crippen molar-refractivity contribution in [1.82, 2.24) is 4.90 Å². The molecule has 2 aromatic carbocycles. The summed E-state index contributed by atoms with van der Waals surface area (Å²) in [5.41, 5.74) is 2.53. The molecule has 1 atom stereocenters. The van der Waals surface area contributed by atoms with Crippen molar-refractivity contribution in [2.75, 3.05) is 18.9 Å². The second kappa shape index (κ2) is 8.02. The number of rotatable bonds is 6. The van der Waals surface area contributed by atoms with Crippen molar-refractivity contribution in [2.45, 2.75) is 26.3 Å². The largest absolute Gasteiger partial charge is 0.325 e. The predicted molar refractivity (Wildman–Crippen MR) is 91.9 cm³/mol. The normalized spacial score (nSPS) is 12.2. The van der Waals surface area contributed by atoms with Gasteiger partial charge in [0.25, 0.3) is 0 Å². The lowest BCUT2D eigenvalue weighted by Crippen LogP contribution is -2.32. The number of carbonyl (C=O) groups excluding carboxylic acids is 1. The van der Waals surface area contributed by atoms with Crippen molar-refractivity contribution in [3.63, 3.8) is 0 Å². The lowest BCUT2D eigenvalue weighted by molar-refractivity contribution is -0.117. The van der Waals surface area contributed by atoms with Gasteiger partial charge in [0.15, 0.2) is 11.6 Å². The van der Waals surface area contributed by atoms with E-state index >= 15 is 0 Å². The summed E-state index contributed by atoms with van der Waals surface area (Å²) >= 11 is 0. The number of benzene rings is 2. The van der Waals surface area contributed by atoms with Crippen molar-refractivity contribution < 1.29 is 13.6 Å². The second-order valence-corrected chi connectivity index (χ2v) is 5.87. The number of hydrogen-bond donors (Lipinski definition) is 1. The van der Waals surface area contributed by atoms with Gasteiger partial charge in [-0.3, -0.25) is 9.69 Å². The number of nitrogens with one attached hydrogen (secondary N) is 1. The summed E-state index contributed by atoms with van der Waals surface area (Å²) in [5, 5.41) is 2.86. The van der Waals surface area contributed by atoms with E-state index in [0.717, 1.165) is 23.7 Å². The first-order valence-electron chi connectivity index (χ1n) is 7.94. The summed E-state index contributed by atoms with van der Waals surface area (Å²) in [6.07, 6.45) is 0.900. The third-order valence-corrected chi connectivity index (χ3v) is 4.10. The third-order valence-electron chi connectivity index (χ3n) is 4.10. The van der Waals surface area contributed by atoms with E-state index in [1.807, 2.05) is 31.2 Å². The van der Waals surface area contributed by atoms with Crippen molar-refractivity contribution in [1.29, 1.82) is 0 Å². The van der Waals surface area contributed by atoms with E-state index < -0.39 is 11.6 Å². The van der Waals surface area contributed by atoms with Gasteiger partial charge in [-0.1, -0.05) is 25.1 Å². The molecule has 0 saturated carbocycles. The molecule has 0 heterocycles. The van der Waals surface area contributed by atoms with Crippen LogP contribution >= 0.6 is 0 Å². The van der Waals surface area contributed by atoms with E-state index in [0.29, 0.717) is 5.56 Å². The van der Waals surface area contributed by atoms with E-state index in [1.54, 1.807) is 11.9 Å². The summed E-state index contributed by atoms with van der Waals surface area (Å²) < 4.78 is 26.4. The smallest absolute Gasteiger partial charge is 0.238 e. The number of amides is 1. The molecule has 0 fully saturated rings. The molecule has 3 nitrogen and oxygen atoms in total. The first-order chi connectivity index (χ1) is 11.4. The molecule has 0 aliphatic carbocycles. The second-order valence-electron chi connectivity index (χ2n) is 5.87. The van der Waals surface area contributed by atoms with Crippen LogP contribution in [0.3, 0.4) is 0 Å². The number of hydrogen-bond acceptors (Lipinski definition) is 2. The summed E-state index contributed by atoms with van der Waals surface area (Å²) in [6, 6.07) is 11.3. The van der Waals surface area contributed by atoms with Gasteiger partial charge in [0.2, 0.25) is 5.91 Å². The molecule has 24 heavy (non-hydrogen) atoms. The Bertz CT molecular complexity index is 718. The molecule has 128 valence electrons. The molecule has 0 aromatic heterocycles. The minimum atomic E-state index is -0.881. The molecule has 0 aliphatic rings. The molecule has 5 heteroatoms. The number of aryl methyl sites for hydroxylation is 1. The van der Waals surface area contributed by atoms with Crippen LogP contribution in [0.2, 0.25) is 0 Å². The van der Waals surface area contributed by atoms with E-state index in [-0.39, 0.29) is 18.5 Å². The number of carbonyl (C=O) groups is 1. The van der Waals surface area contributed by atoms with E-state index in [9.17, 15) is 13.6 Å². The highest BCUT2D eigenvalue weighted by atomic mass is 19.2. The zero-order valence-electron chi connectivity index (χ0n) is 14.1. The van der Waals surface area contributed by atoms with Gasteiger partial charge in [0.05, 0.1) is 6.54 Å². The molecule has 0 saturated heterocycles. The molecule has 2 rings (SSSR count). The Balaban J connectivity index is 1.98. The molecule has 0 aliphatic heterocycles. The monoisotopic (exact) mass is 332 g/mol. The Morgan fingerprint density at radius 3 is 2.58 bits per heavy atom. The van der Waals surface area contributed by atoms with Crippen molar-refractivity contribution in [3.8, 4) is 0 Å². The minimum Gasteiger partial charge on any atom is -0.325 e. The molecule has 0 radical (unpaired) electrons. The van der Waals surface area contributed by atoms with Crippen LogP contribution in [-0.4, -0.2) is 24.4 Å². The average Bonchev–Trinajstić information content (AvgIpc) is 2.56. The highest BCUT2D eigenvalue weighted by Crippen LogP contribution is 2.21. The van der Waals surface area contributed by atoms with E-state index in [1.165, 1.54) is 12.1 Å². The maximum atomic E-state index is 13.4. The van der Waals surface area contributed by atoms with Gasteiger partial charge in [-0.25, -0.2) is 8.78 Å². The summed E-state index contributed by atoms with van der Waals surface area (Å²) in [4.78, 5) is 14.0. The zero-order chi connectivity index (χ0) is 17.7. The Labute approximate surface area is 141 Å². The summed E-state index contributed by atoms with van der Waals surface area (Å²) in [7, 11) is 1.77. The van der Waals surface area contributed by atoms with Crippen LogP contribution in [0.4, 0.5) is 14.5 Å². The molecule has 1 N–H and O–H groups in total. The fraction of sp³-hybridized carbons (Fsp3) is 0.316. The van der Waals surface area contributed by atoms with Gasteiger partial charge in [0, 0.05) is 11.7 Å². The van der Waals surface area contributed by atoms with Crippen LogP contribution < -0.4 is 5.32 Å². The Morgan fingerprint density at radius 1 is 1.17 bits per heavy atom. The number of nitrogens with zero attached hydrogens (tertiary/aromatic N) is 1. The highest BCUT2D eigenvalue weighted by molar-refractivity contribution is 5.92. The number of likely N-dealkylation sites (N-methyl/N-ethyl adjacent to an activating group) is 1. The molecular weight excluding hydrogens is 310 g/mol. The third kappa shape index (κ3) is 4.61. The van der Waals surface area contributed by atoms with Gasteiger partial charge in [-0.05, 0) is 55.8 Å². The highest BCUT2D eigenvalue weighted by Gasteiger charge is 2.16. The minimum absolute atomic E-state index is 0.149. The van der Waals surface area contributed by atoms with Crippen molar-refractivity contribution in [3.05, 3.63) is 65.2 Å². The average molecular weight is 332 g/mol. The van der Waals surface area contributed by atoms with Crippen molar-refractivity contribution >= 4 is 11.6 Å². The molecule has 1 unspecified atom stereocenters. The van der Waals surface area contributed by atoms with Crippen LogP contribution in [0.25, 0.3) is 0 Å². The van der Waals surface area contributed by atoms with Crippen LogP contribution in [0.5, 0.6) is 0 Å².